The lowest BCUT2D eigenvalue weighted by Crippen LogP contribution is -2.41. The molecule has 2 rings (SSSR count). The number of para-hydroxylation sites is 1. The van der Waals surface area contributed by atoms with Gasteiger partial charge in [-0.15, -0.1) is 12.4 Å². The van der Waals surface area contributed by atoms with E-state index in [-0.39, 0.29) is 18.4 Å². The van der Waals surface area contributed by atoms with Crippen LogP contribution in [0.3, 0.4) is 0 Å². The number of hydrogen-bond acceptors (Lipinski definition) is 1. The SMILES string of the molecule is Cl.NC(=Nc1ccccc1)/N=C(/N)N1CCCCC1. The Morgan fingerprint density at radius 3 is 2.26 bits per heavy atom. The van der Waals surface area contributed by atoms with Gasteiger partial charge in [0.1, 0.15) is 0 Å². The Bertz CT molecular complexity index is 438. The highest BCUT2D eigenvalue weighted by Gasteiger charge is 2.12. The third-order valence-corrected chi connectivity index (χ3v) is 2.91. The molecule has 0 aromatic heterocycles. The molecule has 0 spiro atoms. The highest BCUT2D eigenvalue weighted by molar-refractivity contribution is 5.94. The van der Waals surface area contributed by atoms with Gasteiger partial charge in [-0.2, -0.15) is 4.99 Å². The summed E-state index contributed by atoms with van der Waals surface area (Å²) >= 11 is 0. The maximum absolute atomic E-state index is 5.92. The number of nitrogens with two attached hydrogens (primary N) is 2. The number of nitrogens with zero attached hydrogens (tertiary/aromatic N) is 3. The Labute approximate surface area is 119 Å². The van der Waals surface area contributed by atoms with E-state index in [1.165, 1.54) is 6.42 Å². The van der Waals surface area contributed by atoms with E-state index >= 15 is 0 Å². The van der Waals surface area contributed by atoms with Gasteiger partial charge in [0.15, 0.2) is 5.96 Å². The largest absolute Gasteiger partial charge is 0.369 e. The molecule has 19 heavy (non-hydrogen) atoms. The van der Waals surface area contributed by atoms with Gasteiger partial charge in [0.25, 0.3) is 0 Å². The molecule has 0 saturated carbocycles. The second-order valence-corrected chi connectivity index (χ2v) is 4.32. The molecule has 5 nitrogen and oxygen atoms in total. The van der Waals surface area contributed by atoms with E-state index in [1.54, 1.807) is 0 Å². The molecule has 1 aromatic carbocycles. The van der Waals surface area contributed by atoms with Crippen LogP contribution in [0.25, 0.3) is 0 Å². The zero-order valence-electron chi connectivity index (χ0n) is 10.8. The van der Waals surface area contributed by atoms with Crippen LogP contribution in [0.15, 0.2) is 40.3 Å². The molecule has 1 heterocycles. The number of benzene rings is 1. The van der Waals surface area contributed by atoms with Crippen LogP contribution in [-0.4, -0.2) is 29.9 Å². The number of likely N-dealkylation sites (tertiary alicyclic amines) is 1. The molecule has 1 aromatic rings. The quantitative estimate of drug-likeness (QED) is 0.609. The van der Waals surface area contributed by atoms with Gasteiger partial charge in [0.05, 0.1) is 5.69 Å². The van der Waals surface area contributed by atoms with Crippen molar-refractivity contribution in [2.45, 2.75) is 19.3 Å². The molecule has 0 aliphatic carbocycles. The van der Waals surface area contributed by atoms with Crippen LogP contribution < -0.4 is 11.5 Å². The van der Waals surface area contributed by atoms with Crippen LogP contribution in [0, 0.1) is 0 Å². The van der Waals surface area contributed by atoms with Crippen molar-refractivity contribution < 1.29 is 0 Å². The second-order valence-electron chi connectivity index (χ2n) is 4.32. The van der Waals surface area contributed by atoms with Crippen molar-refractivity contribution in [2.75, 3.05) is 13.1 Å². The average molecular weight is 282 g/mol. The van der Waals surface area contributed by atoms with Crippen LogP contribution in [-0.2, 0) is 0 Å². The lowest BCUT2D eigenvalue weighted by atomic mass is 10.1. The summed E-state index contributed by atoms with van der Waals surface area (Å²) in [6.07, 6.45) is 3.58. The molecule has 104 valence electrons. The van der Waals surface area contributed by atoms with Crippen LogP contribution in [0.2, 0.25) is 0 Å². The molecule has 0 radical (unpaired) electrons. The third kappa shape index (κ3) is 4.79. The van der Waals surface area contributed by atoms with E-state index in [0.717, 1.165) is 31.6 Å². The normalized spacial score (nSPS) is 16.9. The molecule has 0 amide bonds. The maximum atomic E-state index is 5.92. The van der Waals surface area contributed by atoms with Crippen molar-refractivity contribution in [1.29, 1.82) is 0 Å². The zero-order chi connectivity index (χ0) is 12.8. The van der Waals surface area contributed by atoms with E-state index < -0.39 is 0 Å². The van der Waals surface area contributed by atoms with Gasteiger partial charge in [-0.1, -0.05) is 18.2 Å². The topological polar surface area (TPSA) is 80.0 Å². The minimum atomic E-state index is 0. The Balaban J connectivity index is 0.00000180. The van der Waals surface area contributed by atoms with Crippen LogP contribution >= 0.6 is 12.4 Å². The standard InChI is InChI=1S/C13H19N5.ClH/c14-12(16-11-7-3-1-4-8-11)17-13(15)18-9-5-2-6-10-18;/h1,3-4,7-8H,2,5-6,9-10H2,(H4,14,15,16,17);1H. The van der Waals surface area contributed by atoms with Crippen molar-refractivity contribution in [2.24, 2.45) is 21.5 Å². The minimum absolute atomic E-state index is 0. The second kappa shape index (κ2) is 7.63. The number of guanidine groups is 2. The highest BCUT2D eigenvalue weighted by atomic mass is 35.5. The van der Waals surface area contributed by atoms with Crippen molar-refractivity contribution in [1.82, 2.24) is 4.90 Å². The summed E-state index contributed by atoms with van der Waals surface area (Å²) in [5, 5.41) is 0. The first-order chi connectivity index (χ1) is 8.75. The van der Waals surface area contributed by atoms with Gasteiger partial charge in [0.2, 0.25) is 5.96 Å². The molecule has 1 saturated heterocycles. The Hall–Kier alpha value is -1.75. The predicted octanol–water partition coefficient (Wildman–Crippen LogP) is 1.86. The zero-order valence-corrected chi connectivity index (χ0v) is 11.6. The summed E-state index contributed by atoms with van der Waals surface area (Å²) in [4.78, 5) is 10.4. The number of hydrogen-bond donors (Lipinski definition) is 2. The van der Waals surface area contributed by atoms with E-state index in [4.69, 9.17) is 11.5 Å². The van der Waals surface area contributed by atoms with E-state index in [1.807, 2.05) is 30.3 Å². The Kier molecular flexibility index (Phi) is 6.15. The van der Waals surface area contributed by atoms with Crippen LogP contribution in [0.5, 0.6) is 0 Å². The number of halogens is 1. The van der Waals surface area contributed by atoms with Crippen molar-refractivity contribution in [3.63, 3.8) is 0 Å². The first-order valence-corrected chi connectivity index (χ1v) is 6.24. The summed E-state index contributed by atoms with van der Waals surface area (Å²) < 4.78 is 0. The first kappa shape index (κ1) is 15.3. The van der Waals surface area contributed by atoms with Gasteiger partial charge in [-0.25, -0.2) is 4.99 Å². The highest BCUT2D eigenvalue weighted by Crippen LogP contribution is 2.10. The van der Waals surface area contributed by atoms with Gasteiger partial charge in [-0.05, 0) is 31.4 Å². The fourth-order valence-electron chi connectivity index (χ4n) is 1.97. The molecule has 1 fully saturated rings. The maximum Gasteiger partial charge on any atom is 0.223 e. The number of rotatable bonds is 1. The third-order valence-electron chi connectivity index (χ3n) is 2.91. The Morgan fingerprint density at radius 1 is 1.00 bits per heavy atom. The molecule has 0 unspecified atom stereocenters. The summed E-state index contributed by atoms with van der Waals surface area (Å²) in [7, 11) is 0. The monoisotopic (exact) mass is 281 g/mol. The minimum Gasteiger partial charge on any atom is -0.369 e. The van der Waals surface area contributed by atoms with E-state index in [0.29, 0.717) is 5.96 Å². The molecular formula is C13H20ClN5. The number of piperidine rings is 1. The molecule has 0 bridgehead atoms. The van der Waals surface area contributed by atoms with Gasteiger partial charge >= 0.3 is 0 Å². The fraction of sp³-hybridized carbons (Fsp3) is 0.385. The van der Waals surface area contributed by atoms with Gasteiger partial charge in [0, 0.05) is 13.1 Å². The Morgan fingerprint density at radius 2 is 1.63 bits per heavy atom. The summed E-state index contributed by atoms with van der Waals surface area (Å²) in [6, 6.07) is 9.49. The van der Waals surface area contributed by atoms with Gasteiger partial charge < -0.3 is 16.4 Å². The predicted molar refractivity (Wildman–Crippen MR) is 82.0 cm³/mol. The molecule has 1 aliphatic heterocycles. The molecular weight excluding hydrogens is 262 g/mol. The van der Waals surface area contributed by atoms with Crippen molar-refractivity contribution >= 4 is 30.0 Å². The molecule has 4 N–H and O–H groups in total. The fourth-order valence-corrected chi connectivity index (χ4v) is 1.97. The van der Waals surface area contributed by atoms with Crippen LogP contribution in [0.4, 0.5) is 5.69 Å². The first-order valence-electron chi connectivity index (χ1n) is 6.24. The molecule has 0 atom stereocenters. The van der Waals surface area contributed by atoms with Crippen molar-refractivity contribution in [3.05, 3.63) is 30.3 Å². The smallest absolute Gasteiger partial charge is 0.223 e. The molecule has 6 heteroatoms. The number of aliphatic imine (C=N–C) groups is 2. The van der Waals surface area contributed by atoms with Crippen LogP contribution in [0.1, 0.15) is 19.3 Å². The van der Waals surface area contributed by atoms with Crippen molar-refractivity contribution in [3.8, 4) is 0 Å². The summed E-state index contributed by atoms with van der Waals surface area (Å²) in [5.74, 6) is 0.663. The van der Waals surface area contributed by atoms with Gasteiger partial charge in [-0.3, -0.25) is 0 Å². The molecule has 1 aliphatic rings. The summed E-state index contributed by atoms with van der Waals surface area (Å²) in [5.41, 5.74) is 12.5. The van der Waals surface area contributed by atoms with E-state index in [2.05, 4.69) is 14.9 Å². The summed E-state index contributed by atoms with van der Waals surface area (Å²) in [6.45, 7) is 1.90. The van der Waals surface area contributed by atoms with E-state index in [9.17, 15) is 0 Å². The average Bonchev–Trinajstić information content (AvgIpc) is 2.40. The lowest BCUT2D eigenvalue weighted by Gasteiger charge is -2.27. The lowest BCUT2D eigenvalue weighted by molar-refractivity contribution is 0.339.